The molecule has 1 aliphatic heterocycles. The van der Waals surface area contributed by atoms with Crippen LogP contribution >= 0.6 is 51.3 Å². The summed E-state index contributed by atoms with van der Waals surface area (Å²) in [4.78, 5) is 22.1. The van der Waals surface area contributed by atoms with Gasteiger partial charge in [0.25, 0.3) is 5.91 Å². The highest BCUT2D eigenvalue weighted by atomic mass is 79.9. The van der Waals surface area contributed by atoms with Crippen LogP contribution in [0.3, 0.4) is 0 Å². The largest absolute Gasteiger partial charge is 0.379 e. The van der Waals surface area contributed by atoms with Crippen LogP contribution in [-0.4, -0.2) is 55.2 Å². The lowest BCUT2D eigenvalue weighted by molar-refractivity contribution is 0.0391. The first-order valence-corrected chi connectivity index (χ1v) is 11.0. The molecule has 154 valence electrons. The predicted molar refractivity (Wildman–Crippen MR) is 125 cm³/mol. The number of aromatic nitrogens is 1. The van der Waals surface area contributed by atoms with E-state index in [0.717, 1.165) is 47.5 Å². The van der Waals surface area contributed by atoms with Crippen LogP contribution in [0.1, 0.15) is 10.4 Å². The van der Waals surface area contributed by atoms with Crippen molar-refractivity contribution in [2.45, 2.75) is 0 Å². The molecular formula is C20H20BrCl2N3O2S. The normalized spacial score (nSPS) is 14.6. The molecular weight excluding hydrogens is 497 g/mol. The molecule has 3 aromatic rings. The minimum absolute atomic E-state index is 0. The molecule has 2 heterocycles. The third-order valence-corrected chi connectivity index (χ3v) is 6.45. The Labute approximate surface area is 193 Å². The number of morpholine rings is 1. The standard InChI is InChI=1S/C20H19BrClN3O2S.ClH/c21-15-3-1-14(2-4-15)19(26)25(8-7-24-9-11-27-12-10-24)20-23-17-6-5-16(22)13-18(17)28-20;/h1-6,13H,7-12H2;1H. The third kappa shape index (κ3) is 5.48. The monoisotopic (exact) mass is 515 g/mol. The van der Waals surface area contributed by atoms with Crippen molar-refractivity contribution in [2.24, 2.45) is 0 Å². The molecule has 5 nitrogen and oxygen atoms in total. The molecule has 1 fully saturated rings. The van der Waals surface area contributed by atoms with E-state index in [2.05, 4.69) is 20.8 Å². The van der Waals surface area contributed by atoms with Gasteiger partial charge in [0.1, 0.15) is 0 Å². The SMILES string of the molecule is Cl.O=C(c1ccc(Br)cc1)N(CCN1CCOCC1)c1nc2ccc(Cl)cc2s1. The first kappa shape index (κ1) is 22.5. The van der Waals surface area contributed by atoms with Crippen LogP contribution in [-0.2, 0) is 4.74 Å². The Kier molecular flexibility index (Phi) is 7.90. The molecule has 0 spiro atoms. The Balaban J connectivity index is 0.00000240. The first-order valence-electron chi connectivity index (χ1n) is 9.04. The Morgan fingerprint density at radius 1 is 1.21 bits per heavy atom. The number of halogens is 3. The highest BCUT2D eigenvalue weighted by Gasteiger charge is 2.23. The average molecular weight is 517 g/mol. The summed E-state index contributed by atoms with van der Waals surface area (Å²) < 4.78 is 7.34. The smallest absolute Gasteiger partial charge is 0.260 e. The lowest BCUT2D eigenvalue weighted by Crippen LogP contribution is -2.43. The fraction of sp³-hybridized carbons (Fsp3) is 0.300. The summed E-state index contributed by atoms with van der Waals surface area (Å²) in [5.41, 5.74) is 1.49. The average Bonchev–Trinajstić information content (AvgIpc) is 3.12. The van der Waals surface area contributed by atoms with Crippen LogP contribution in [0.2, 0.25) is 5.02 Å². The Morgan fingerprint density at radius 2 is 1.93 bits per heavy atom. The van der Waals surface area contributed by atoms with Gasteiger partial charge in [-0.2, -0.15) is 0 Å². The third-order valence-electron chi connectivity index (χ3n) is 4.65. The van der Waals surface area contributed by atoms with Crippen molar-refractivity contribution >= 4 is 72.5 Å². The predicted octanol–water partition coefficient (Wildman–Crippen LogP) is 5.11. The van der Waals surface area contributed by atoms with E-state index in [-0.39, 0.29) is 18.3 Å². The molecule has 0 unspecified atom stereocenters. The number of ether oxygens (including phenoxy) is 1. The van der Waals surface area contributed by atoms with Crippen LogP contribution in [0.4, 0.5) is 5.13 Å². The van der Waals surface area contributed by atoms with Crippen LogP contribution in [0.25, 0.3) is 10.2 Å². The summed E-state index contributed by atoms with van der Waals surface area (Å²) in [6, 6.07) is 13.0. The molecule has 29 heavy (non-hydrogen) atoms. The van der Waals surface area contributed by atoms with E-state index >= 15 is 0 Å². The summed E-state index contributed by atoms with van der Waals surface area (Å²) in [6.07, 6.45) is 0. The maximum absolute atomic E-state index is 13.3. The maximum Gasteiger partial charge on any atom is 0.260 e. The number of fused-ring (bicyclic) bond motifs is 1. The molecule has 0 aliphatic carbocycles. The Bertz CT molecular complexity index is 978. The molecule has 1 aromatic heterocycles. The minimum atomic E-state index is -0.0501. The van der Waals surface area contributed by atoms with Gasteiger partial charge in [-0.25, -0.2) is 4.98 Å². The first-order chi connectivity index (χ1) is 13.6. The van der Waals surface area contributed by atoms with E-state index in [4.69, 9.17) is 21.3 Å². The summed E-state index contributed by atoms with van der Waals surface area (Å²) >= 11 is 11.0. The van der Waals surface area contributed by atoms with Crippen LogP contribution in [0, 0.1) is 0 Å². The van der Waals surface area contributed by atoms with Gasteiger partial charge in [-0.05, 0) is 42.5 Å². The van der Waals surface area contributed by atoms with Gasteiger partial charge in [0, 0.05) is 41.2 Å². The van der Waals surface area contributed by atoms with Crippen molar-refractivity contribution in [3.8, 4) is 0 Å². The van der Waals surface area contributed by atoms with E-state index in [1.807, 2.05) is 42.5 Å². The van der Waals surface area contributed by atoms with Gasteiger partial charge in [-0.1, -0.05) is 38.9 Å². The van der Waals surface area contributed by atoms with E-state index in [9.17, 15) is 4.79 Å². The van der Waals surface area contributed by atoms with E-state index in [1.165, 1.54) is 11.3 Å². The van der Waals surface area contributed by atoms with Crippen molar-refractivity contribution in [3.05, 3.63) is 57.5 Å². The molecule has 1 amide bonds. The zero-order chi connectivity index (χ0) is 19.5. The van der Waals surface area contributed by atoms with Crippen molar-refractivity contribution in [1.82, 2.24) is 9.88 Å². The van der Waals surface area contributed by atoms with Gasteiger partial charge in [0.15, 0.2) is 5.13 Å². The Morgan fingerprint density at radius 3 is 2.66 bits per heavy atom. The number of anilines is 1. The number of hydrogen-bond donors (Lipinski definition) is 0. The topological polar surface area (TPSA) is 45.7 Å². The zero-order valence-corrected chi connectivity index (χ0v) is 19.5. The van der Waals surface area contributed by atoms with Crippen molar-refractivity contribution in [1.29, 1.82) is 0 Å². The lowest BCUT2D eigenvalue weighted by atomic mass is 10.2. The molecule has 0 saturated carbocycles. The summed E-state index contributed by atoms with van der Waals surface area (Å²) in [5.74, 6) is -0.0501. The van der Waals surface area contributed by atoms with Crippen LogP contribution in [0.5, 0.6) is 0 Å². The lowest BCUT2D eigenvalue weighted by Gasteiger charge is -2.29. The number of hydrogen-bond acceptors (Lipinski definition) is 5. The number of carbonyl (C=O) groups excluding carboxylic acids is 1. The number of nitrogens with zero attached hydrogens (tertiary/aromatic N) is 3. The molecule has 2 aromatic carbocycles. The fourth-order valence-electron chi connectivity index (χ4n) is 3.10. The second kappa shape index (κ2) is 10.2. The highest BCUT2D eigenvalue weighted by molar-refractivity contribution is 9.10. The Hall–Kier alpha value is -1.22. The maximum atomic E-state index is 13.3. The second-order valence-corrected chi connectivity index (χ2v) is 8.89. The van der Waals surface area contributed by atoms with Crippen molar-refractivity contribution < 1.29 is 9.53 Å². The van der Waals surface area contributed by atoms with E-state index < -0.39 is 0 Å². The fourth-order valence-corrected chi connectivity index (χ4v) is 4.63. The number of carbonyl (C=O) groups is 1. The van der Waals surface area contributed by atoms with Gasteiger partial charge in [0.2, 0.25) is 0 Å². The highest BCUT2D eigenvalue weighted by Crippen LogP contribution is 2.31. The van der Waals surface area contributed by atoms with Crippen LogP contribution < -0.4 is 4.90 Å². The van der Waals surface area contributed by atoms with Crippen LogP contribution in [0.15, 0.2) is 46.9 Å². The van der Waals surface area contributed by atoms with Gasteiger partial charge >= 0.3 is 0 Å². The molecule has 0 bridgehead atoms. The zero-order valence-electron chi connectivity index (χ0n) is 15.5. The second-order valence-electron chi connectivity index (χ2n) is 6.53. The number of rotatable bonds is 5. The van der Waals surface area contributed by atoms with Gasteiger partial charge in [-0.15, -0.1) is 12.4 Å². The molecule has 0 N–H and O–H groups in total. The van der Waals surface area contributed by atoms with Gasteiger partial charge in [-0.3, -0.25) is 14.6 Å². The molecule has 0 atom stereocenters. The summed E-state index contributed by atoms with van der Waals surface area (Å²) in [5, 5.41) is 1.36. The minimum Gasteiger partial charge on any atom is -0.379 e. The molecule has 1 saturated heterocycles. The molecule has 1 aliphatic rings. The van der Waals surface area contributed by atoms with Crippen molar-refractivity contribution in [2.75, 3.05) is 44.3 Å². The van der Waals surface area contributed by atoms with E-state index in [1.54, 1.807) is 4.90 Å². The van der Waals surface area contributed by atoms with Crippen molar-refractivity contribution in [3.63, 3.8) is 0 Å². The molecule has 4 rings (SSSR count). The molecule has 9 heteroatoms. The van der Waals surface area contributed by atoms with Gasteiger partial charge in [0.05, 0.1) is 23.4 Å². The number of benzene rings is 2. The summed E-state index contributed by atoms with van der Waals surface area (Å²) in [7, 11) is 0. The number of thiazole rings is 1. The number of amides is 1. The summed E-state index contributed by atoms with van der Waals surface area (Å²) in [6.45, 7) is 4.59. The molecule has 0 radical (unpaired) electrons. The van der Waals surface area contributed by atoms with Gasteiger partial charge < -0.3 is 4.74 Å². The van der Waals surface area contributed by atoms with E-state index in [0.29, 0.717) is 22.3 Å². The quantitative estimate of drug-likeness (QED) is 0.472.